The van der Waals surface area contributed by atoms with Gasteiger partial charge in [-0.2, -0.15) is 0 Å². The van der Waals surface area contributed by atoms with Crippen LogP contribution in [0.4, 0.5) is 10.5 Å². The SMILES string of the molecule is NC(=O)Oc1cc(Cl)ccc1[N+](=O)[O-]. The van der Waals surface area contributed by atoms with E-state index in [0.717, 1.165) is 12.1 Å². The van der Waals surface area contributed by atoms with E-state index in [1.807, 2.05) is 0 Å². The number of nitrogens with zero attached hydrogens (tertiary/aromatic N) is 1. The molecule has 0 fully saturated rings. The topological polar surface area (TPSA) is 95.5 Å². The van der Waals surface area contributed by atoms with Gasteiger partial charge in [-0.1, -0.05) is 11.6 Å². The highest BCUT2D eigenvalue weighted by atomic mass is 35.5. The third-order valence-corrected chi connectivity index (χ3v) is 1.56. The normalized spacial score (nSPS) is 9.50. The highest BCUT2D eigenvalue weighted by Gasteiger charge is 2.16. The number of amides is 1. The third-order valence-electron chi connectivity index (χ3n) is 1.33. The van der Waals surface area contributed by atoms with Crippen LogP contribution < -0.4 is 10.5 Å². The maximum atomic E-state index is 10.4. The Bertz CT molecular complexity index is 393. The Hall–Kier alpha value is -1.82. The van der Waals surface area contributed by atoms with Gasteiger partial charge in [-0.05, 0) is 6.07 Å². The van der Waals surface area contributed by atoms with Gasteiger partial charge < -0.3 is 10.5 Å². The summed E-state index contributed by atoms with van der Waals surface area (Å²) >= 11 is 5.55. The van der Waals surface area contributed by atoms with Crippen LogP contribution in [-0.2, 0) is 0 Å². The van der Waals surface area contributed by atoms with Crippen molar-refractivity contribution < 1.29 is 14.5 Å². The van der Waals surface area contributed by atoms with Crippen LogP contribution in [0, 0.1) is 10.1 Å². The second-order valence-corrected chi connectivity index (χ2v) is 2.73. The van der Waals surface area contributed by atoms with Gasteiger partial charge in [0, 0.05) is 17.2 Å². The van der Waals surface area contributed by atoms with Crippen LogP contribution >= 0.6 is 11.6 Å². The van der Waals surface area contributed by atoms with Crippen LogP contribution in [0.25, 0.3) is 0 Å². The number of nitrogens with two attached hydrogens (primary N) is 1. The van der Waals surface area contributed by atoms with Crippen molar-refractivity contribution in [2.75, 3.05) is 0 Å². The van der Waals surface area contributed by atoms with E-state index < -0.39 is 11.0 Å². The summed E-state index contributed by atoms with van der Waals surface area (Å²) in [5, 5.41) is 10.7. The van der Waals surface area contributed by atoms with Crippen LogP contribution in [-0.4, -0.2) is 11.0 Å². The highest BCUT2D eigenvalue weighted by Crippen LogP contribution is 2.29. The molecule has 0 aliphatic carbocycles. The molecule has 1 rings (SSSR count). The molecule has 1 aromatic rings. The van der Waals surface area contributed by atoms with E-state index in [0.29, 0.717) is 0 Å². The average Bonchev–Trinajstić information content (AvgIpc) is 2.01. The number of carbonyl (C=O) groups is 1. The van der Waals surface area contributed by atoms with Crippen LogP contribution in [0.2, 0.25) is 5.02 Å². The quantitative estimate of drug-likeness (QED) is 0.601. The first-order chi connectivity index (χ1) is 6.50. The molecule has 1 amide bonds. The van der Waals surface area contributed by atoms with E-state index in [2.05, 4.69) is 4.74 Å². The summed E-state index contributed by atoms with van der Waals surface area (Å²) in [7, 11) is 0. The fourth-order valence-corrected chi connectivity index (χ4v) is 0.991. The Morgan fingerprint density at radius 3 is 2.71 bits per heavy atom. The van der Waals surface area contributed by atoms with Crippen molar-refractivity contribution in [1.82, 2.24) is 0 Å². The van der Waals surface area contributed by atoms with E-state index in [1.54, 1.807) is 0 Å². The standard InChI is InChI=1S/C7H5ClN2O4/c8-4-1-2-5(10(12)13)6(3-4)14-7(9)11/h1-3H,(H2,9,11). The lowest BCUT2D eigenvalue weighted by Crippen LogP contribution is -2.16. The summed E-state index contributed by atoms with van der Waals surface area (Å²) in [4.78, 5) is 20.1. The Morgan fingerprint density at radius 2 is 2.21 bits per heavy atom. The number of primary amides is 1. The minimum Gasteiger partial charge on any atom is -0.403 e. The van der Waals surface area contributed by atoms with Gasteiger partial charge in [0.15, 0.2) is 0 Å². The molecule has 0 aliphatic heterocycles. The lowest BCUT2D eigenvalue weighted by atomic mass is 10.3. The Kier molecular flexibility index (Phi) is 2.88. The number of halogens is 1. The molecule has 0 saturated carbocycles. The van der Waals surface area contributed by atoms with Crippen molar-refractivity contribution in [2.24, 2.45) is 5.73 Å². The molecule has 0 radical (unpaired) electrons. The van der Waals surface area contributed by atoms with Gasteiger partial charge in [-0.3, -0.25) is 10.1 Å². The first-order valence-electron chi connectivity index (χ1n) is 3.42. The molecule has 0 aliphatic rings. The molecule has 1 aromatic carbocycles. The van der Waals surface area contributed by atoms with Gasteiger partial charge in [0.1, 0.15) is 0 Å². The Labute approximate surface area is 83.4 Å². The zero-order chi connectivity index (χ0) is 10.7. The largest absolute Gasteiger partial charge is 0.410 e. The van der Waals surface area contributed by atoms with Crippen molar-refractivity contribution in [2.45, 2.75) is 0 Å². The first-order valence-corrected chi connectivity index (χ1v) is 3.79. The van der Waals surface area contributed by atoms with Crippen molar-refractivity contribution in [1.29, 1.82) is 0 Å². The molecule has 0 atom stereocenters. The number of hydrogen-bond donors (Lipinski definition) is 1. The van der Waals surface area contributed by atoms with Crippen LogP contribution in [0.3, 0.4) is 0 Å². The maximum Gasteiger partial charge on any atom is 0.410 e. The number of benzene rings is 1. The van der Waals surface area contributed by atoms with Crippen molar-refractivity contribution >= 4 is 23.4 Å². The molecule has 6 nitrogen and oxygen atoms in total. The number of ether oxygens (including phenoxy) is 1. The van der Waals surface area contributed by atoms with Crippen LogP contribution in [0.1, 0.15) is 0 Å². The average molecular weight is 217 g/mol. The fourth-order valence-electron chi connectivity index (χ4n) is 0.829. The molecule has 0 saturated heterocycles. The van der Waals surface area contributed by atoms with Crippen molar-refractivity contribution in [3.63, 3.8) is 0 Å². The van der Waals surface area contributed by atoms with Crippen LogP contribution in [0.5, 0.6) is 5.75 Å². The smallest absolute Gasteiger partial charge is 0.403 e. The summed E-state index contributed by atoms with van der Waals surface area (Å²) in [6, 6.07) is 3.58. The Balaban J connectivity index is 3.15. The number of hydrogen-bond acceptors (Lipinski definition) is 4. The van der Waals surface area contributed by atoms with Crippen molar-refractivity contribution in [3.05, 3.63) is 33.3 Å². The number of nitro benzene ring substituents is 1. The first kappa shape index (κ1) is 10.3. The fraction of sp³-hybridized carbons (Fsp3) is 0. The minimum atomic E-state index is -1.13. The van der Waals surface area contributed by atoms with E-state index in [9.17, 15) is 14.9 Å². The molecule has 2 N–H and O–H groups in total. The highest BCUT2D eigenvalue weighted by molar-refractivity contribution is 6.30. The van der Waals surface area contributed by atoms with Gasteiger partial charge in [-0.25, -0.2) is 4.79 Å². The van der Waals surface area contributed by atoms with E-state index in [4.69, 9.17) is 17.3 Å². The molecule has 0 spiro atoms. The summed E-state index contributed by atoms with van der Waals surface area (Å²) in [6.07, 6.45) is -1.13. The Morgan fingerprint density at radius 1 is 1.57 bits per heavy atom. The third kappa shape index (κ3) is 2.33. The summed E-state index contributed by atoms with van der Waals surface area (Å²) < 4.78 is 4.40. The lowest BCUT2D eigenvalue weighted by Gasteiger charge is -2.01. The molecular weight excluding hydrogens is 212 g/mol. The zero-order valence-electron chi connectivity index (χ0n) is 6.77. The molecule has 14 heavy (non-hydrogen) atoms. The predicted octanol–water partition coefficient (Wildman–Crippen LogP) is 1.71. The molecule has 0 heterocycles. The predicted molar refractivity (Wildman–Crippen MR) is 48.3 cm³/mol. The number of nitro groups is 1. The lowest BCUT2D eigenvalue weighted by molar-refractivity contribution is -0.385. The van der Waals surface area contributed by atoms with Gasteiger partial charge in [0.25, 0.3) is 0 Å². The zero-order valence-corrected chi connectivity index (χ0v) is 7.52. The second kappa shape index (κ2) is 3.93. The minimum absolute atomic E-state index is 0.215. The number of rotatable bonds is 2. The van der Waals surface area contributed by atoms with E-state index in [-0.39, 0.29) is 16.5 Å². The molecular formula is C7H5ClN2O4. The van der Waals surface area contributed by atoms with E-state index >= 15 is 0 Å². The summed E-state index contributed by atoms with van der Waals surface area (Å²) in [5.41, 5.74) is 4.35. The molecule has 0 bridgehead atoms. The monoisotopic (exact) mass is 216 g/mol. The molecule has 7 heteroatoms. The van der Waals surface area contributed by atoms with E-state index in [1.165, 1.54) is 6.07 Å². The van der Waals surface area contributed by atoms with Gasteiger partial charge in [-0.15, -0.1) is 0 Å². The van der Waals surface area contributed by atoms with Gasteiger partial charge in [0.2, 0.25) is 5.75 Å². The van der Waals surface area contributed by atoms with Crippen molar-refractivity contribution in [3.8, 4) is 5.75 Å². The van der Waals surface area contributed by atoms with Gasteiger partial charge in [0.05, 0.1) is 4.92 Å². The summed E-state index contributed by atoms with van der Waals surface area (Å²) in [5.74, 6) is -0.269. The number of carbonyl (C=O) groups excluding carboxylic acids is 1. The molecule has 74 valence electrons. The summed E-state index contributed by atoms with van der Waals surface area (Å²) in [6.45, 7) is 0. The second-order valence-electron chi connectivity index (χ2n) is 2.29. The van der Waals surface area contributed by atoms with Gasteiger partial charge >= 0.3 is 11.8 Å². The maximum absolute atomic E-state index is 10.4. The van der Waals surface area contributed by atoms with Crippen LogP contribution in [0.15, 0.2) is 18.2 Å². The molecule has 0 unspecified atom stereocenters. The molecule has 0 aromatic heterocycles.